The fourth-order valence-electron chi connectivity index (χ4n) is 7.78. The van der Waals surface area contributed by atoms with Gasteiger partial charge in [-0.1, -0.05) is 55.0 Å². The fourth-order valence-corrected chi connectivity index (χ4v) is 7.78. The molecular weight excluding hydrogens is 536 g/mol. The van der Waals surface area contributed by atoms with Gasteiger partial charge in [0.05, 0.1) is 6.04 Å². The van der Waals surface area contributed by atoms with E-state index in [4.69, 9.17) is 0 Å². The molecule has 6 rings (SSSR count). The van der Waals surface area contributed by atoms with E-state index in [0.717, 1.165) is 30.4 Å². The average molecular weight is 573 g/mol. The molecule has 10 nitrogen and oxygen atoms in total. The first-order valence-electron chi connectivity index (χ1n) is 14.8. The van der Waals surface area contributed by atoms with Crippen LogP contribution in [-0.4, -0.2) is 71.2 Å². The smallest absolute Gasteiger partial charge is 0.258 e. The number of aliphatic hydroxyl groups is 1. The molecular formula is C32H36N4O6. The summed E-state index contributed by atoms with van der Waals surface area (Å²) in [5, 5.41) is 18.2. The molecule has 220 valence electrons. The van der Waals surface area contributed by atoms with Crippen LogP contribution in [0.3, 0.4) is 0 Å². The van der Waals surface area contributed by atoms with Crippen molar-refractivity contribution >= 4 is 29.4 Å². The molecule has 2 aromatic rings. The number of nitrogens with one attached hydrogen (secondary N) is 3. The second kappa shape index (κ2) is 11.0. The maximum absolute atomic E-state index is 14.9. The Balaban J connectivity index is 1.38. The van der Waals surface area contributed by atoms with E-state index in [0.29, 0.717) is 30.6 Å². The van der Waals surface area contributed by atoms with Crippen LogP contribution in [0.15, 0.2) is 48.5 Å². The van der Waals surface area contributed by atoms with Gasteiger partial charge in [0.25, 0.3) is 5.91 Å². The predicted octanol–water partition coefficient (Wildman–Crippen LogP) is 1.25. The van der Waals surface area contributed by atoms with Crippen molar-refractivity contribution in [1.82, 2.24) is 20.9 Å². The highest BCUT2D eigenvalue weighted by Crippen LogP contribution is 2.51. The fraction of sp³-hybridized carbons (Fsp3) is 0.469. The molecule has 42 heavy (non-hydrogen) atoms. The zero-order valence-electron chi connectivity index (χ0n) is 23.6. The number of likely N-dealkylation sites (tertiary alicyclic amines) is 1. The number of fused-ring (bicyclic) bond motifs is 4. The lowest BCUT2D eigenvalue weighted by Gasteiger charge is -2.38. The first-order chi connectivity index (χ1) is 20.3. The molecule has 10 heteroatoms. The SMILES string of the molecule is CC(=O)NC1(C(=O)N2C[C@H]3CCC[C@H]3[C@@H]2C(=O)N[C@H](C[C@H]2CCNC2=O)C(=O)CO)c2ccccc2-c2ccccc21. The molecule has 0 spiro atoms. The summed E-state index contributed by atoms with van der Waals surface area (Å²) >= 11 is 0. The van der Waals surface area contributed by atoms with Gasteiger partial charge in [0.2, 0.25) is 17.7 Å². The maximum atomic E-state index is 14.9. The lowest BCUT2D eigenvalue weighted by atomic mass is 9.85. The number of Topliss-reactive ketones (excluding diaryl/α,β-unsaturated/α-hetero) is 1. The molecule has 0 radical (unpaired) electrons. The Bertz CT molecular complexity index is 1410. The molecule has 0 unspecified atom stereocenters. The number of aliphatic hydroxyl groups excluding tert-OH is 1. The number of benzene rings is 2. The van der Waals surface area contributed by atoms with Gasteiger partial charge in [-0.05, 0) is 59.8 Å². The molecule has 4 amide bonds. The van der Waals surface area contributed by atoms with Crippen LogP contribution in [0.25, 0.3) is 11.1 Å². The van der Waals surface area contributed by atoms with Crippen molar-refractivity contribution in [2.75, 3.05) is 19.7 Å². The molecule has 0 aromatic heterocycles. The molecule has 4 aliphatic rings. The van der Waals surface area contributed by atoms with E-state index in [9.17, 15) is 29.1 Å². The number of hydrogen-bond acceptors (Lipinski definition) is 6. The quantitative estimate of drug-likeness (QED) is 0.375. The second-order valence-electron chi connectivity index (χ2n) is 12.0. The van der Waals surface area contributed by atoms with E-state index in [1.165, 1.54) is 6.92 Å². The zero-order chi connectivity index (χ0) is 29.6. The Morgan fingerprint density at radius 2 is 1.69 bits per heavy atom. The van der Waals surface area contributed by atoms with E-state index in [2.05, 4.69) is 16.0 Å². The van der Waals surface area contributed by atoms with Crippen molar-refractivity contribution in [3.05, 3.63) is 59.7 Å². The van der Waals surface area contributed by atoms with Crippen LogP contribution < -0.4 is 16.0 Å². The van der Waals surface area contributed by atoms with Crippen molar-refractivity contribution in [3.8, 4) is 11.1 Å². The topological polar surface area (TPSA) is 145 Å². The van der Waals surface area contributed by atoms with Gasteiger partial charge in [0.1, 0.15) is 12.6 Å². The number of nitrogens with zero attached hydrogens (tertiary/aromatic N) is 1. The summed E-state index contributed by atoms with van der Waals surface area (Å²) in [6.07, 6.45) is 3.20. The third kappa shape index (κ3) is 4.48. The zero-order valence-corrected chi connectivity index (χ0v) is 23.6. The van der Waals surface area contributed by atoms with Crippen molar-refractivity contribution < 1.29 is 29.1 Å². The number of rotatable bonds is 8. The van der Waals surface area contributed by atoms with Crippen molar-refractivity contribution in [2.24, 2.45) is 17.8 Å². The monoisotopic (exact) mass is 572 g/mol. The third-order valence-electron chi connectivity index (χ3n) is 9.60. The number of ketones is 1. The maximum Gasteiger partial charge on any atom is 0.258 e. The molecule has 2 saturated heterocycles. The minimum atomic E-state index is -1.52. The van der Waals surface area contributed by atoms with E-state index in [1.807, 2.05) is 48.5 Å². The molecule has 2 aliphatic heterocycles. The Morgan fingerprint density at radius 3 is 2.29 bits per heavy atom. The van der Waals surface area contributed by atoms with Gasteiger partial charge in [-0.25, -0.2) is 0 Å². The first kappa shape index (κ1) is 28.1. The molecule has 2 heterocycles. The predicted molar refractivity (Wildman–Crippen MR) is 153 cm³/mol. The van der Waals surface area contributed by atoms with Crippen molar-refractivity contribution in [2.45, 2.75) is 56.7 Å². The standard InChI is InChI=1S/C32H36N4O6/c1-18(38)35-32(24-11-4-2-8-22(24)23-9-3-5-12-25(23)32)31(42)36-16-20-7-6-10-21(20)28(36)30(41)34-26(27(39)17-37)15-19-13-14-33-29(19)40/h2-5,8-9,11-12,19-21,26,28,37H,6-7,10,13-17H2,1H3,(H,33,40)(H,34,41)(H,35,38)/t19-,20-,21-,26-,28-/m1/s1. The van der Waals surface area contributed by atoms with Crippen LogP contribution in [0.4, 0.5) is 0 Å². The summed E-state index contributed by atoms with van der Waals surface area (Å²) in [6.45, 7) is 1.47. The van der Waals surface area contributed by atoms with Crippen LogP contribution in [0.2, 0.25) is 0 Å². The lowest BCUT2D eigenvalue weighted by molar-refractivity contribution is -0.146. The van der Waals surface area contributed by atoms with Crippen LogP contribution in [0.1, 0.15) is 50.2 Å². The Kier molecular flexibility index (Phi) is 7.34. The van der Waals surface area contributed by atoms with E-state index in [1.54, 1.807) is 4.90 Å². The summed E-state index contributed by atoms with van der Waals surface area (Å²) in [5.41, 5.74) is 1.49. The highest BCUT2D eigenvalue weighted by molar-refractivity contribution is 6.04. The summed E-state index contributed by atoms with van der Waals surface area (Å²) in [6, 6.07) is 13.1. The van der Waals surface area contributed by atoms with Gasteiger partial charge < -0.3 is 26.0 Å². The third-order valence-corrected chi connectivity index (χ3v) is 9.60. The van der Waals surface area contributed by atoms with Crippen LogP contribution in [-0.2, 0) is 29.5 Å². The lowest BCUT2D eigenvalue weighted by Crippen LogP contribution is -2.61. The average Bonchev–Trinajstić information content (AvgIpc) is 3.75. The van der Waals surface area contributed by atoms with Gasteiger partial charge in [-0.15, -0.1) is 0 Å². The van der Waals surface area contributed by atoms with E-state index >= 15 is 0 Å². The minimum Gasteiger partial charge on any atom is -0.389 e. The molecule has 2 aliphatic carbocycles. The molecule has 0 bridgehead atoms. The second-order valence-corrected chi connectivity index (χ2v) is 12.0. The summed E-state index contributed by atoms with van der Waals surface area (Å²) < 4.78 is 0. The molecule has 3 fully saturated rings. The first-order valence-corrected chi connectivity index (χ1v) is 14.8. The Labute approximate surface area is 244 Å². The summed E-state index contributed by atoms with van der Waals surface area (Å²) in [4.78, 5) is 68.4. The summed E-state index contributed by atoms with van der Waals surface area (Å²) in [7, 11) is 0. The van der Waals surface area contributed by atoms with Crippen LogP contribution in [0, 0.1) is 17.8 Å². The largest absolute Gasteiger partial charge is 0.389 e. The van der Waals surface area contributed by atoms with Crippen molar-refractivity contribution in [3.63, 3.8) is 0 Å². The Morgan fingerprint density at radius 1 is 1.02 bits per heavy atom. The van der Waals surface area contributed by atoms with Gasteiger partial charge in [-0.3, -0.25) is 24.0 Å². The molecule has 2 aromatic carbocycles. The normalized spacial score (nSPS) is 25.7. The molecule has 1 saturated carbocycles. The van der Waals surface area contributed by atoms with Crippen LogP contribution >= 0.6 is 0 Å². The highest BCUT2D eigenvalue weighted by Gasteiger charge is 2.58. The number of carbonyl (C=O) groups excluding carboxylic acids is 5. The van der Waals surface area contributed by atoms with Gasteiger partial charge >= 0.3 is 0 Å². The Hall–Kier alpha value is -4.05. The highest BCUT2D eigenvalue weighted by atomic mass is 16.3. The van der Waals surface area contributed by atoms with Crippen LogP contribution in [0.5, 0.6) is 0 Å². The number of carbonyl (C=O) groups is 5. The summed E-state index contributed by atoms with van der Waals surface area (Å²) in [5.74, 6) is -2.42. The molecule has 4 N–H and O–H groups in total. The van der Waals surface area contributed by atoms with Crippen molar-refractivity contribution in [1.29, 1.82) is 0 Å². The van der Waals surface area contributed by atoms with Gasteiger partial charge in [0.15, 0.2) is 11.3 Å². The minimum absolute atomic E-state index is 0.0856. The number of hydrogen-bond donors (Lipinski definition) is 4. The van der Waals surface area contributed by atoms with Gasteiger partial charge in [-0.2, -0.15) is 0 Å². The van der Waals surface area contributed by atoms with E-state index in [-0.39, 0.29) is 36.0 Å². The van der Waals surface area contributed by atoms with Gasteiger partial charge in [0, 0.05) is 25.9 Å². The van der Waals surface area contributed by atoms with E-state index < -0.39 is 41.8 Å². The number of amides is 4. The molecule has 5 atom stereocenters.